The second kappa shape index (κ2) is 11.1. The summed E-state index contributed by atoms with van der Waals surface area (Å²) in [5, 5.41) is 21.3. The summed E-state index contributed by atoms with van der Waals surface area (Å²) in [7, 11) is 0. The molecule has 1 saturated heterocycles. The Morgan fingerprint density at radius 3 is 2.67 bits per heavy atom. The Morgan fingerprint density at radius 1 is 1.22 bits per heavy atom. The SMILES string of the molecule is CC(C)CN(C(=O)O)c1ccccc1C(C)Nc1nc(O[C@@H]2CCCNC2)nc2c(C(C)C)cnn12. The van der Waals surface area contributed by atoms with Gasteiger partial charge in [0.1, 0.15) is 6.10 Å². The molecule has 1 aliphatic rings. The zero-order valence-corrected chi connectivity index (χ0v) is 21.7. The molecule has 0 saturated carbocycles. The minimum atomic E-state index is -0.974. The molecular formula is C26H37N7O3. The van der Waals surface area contributed by atoms with Crippen LogP contribution in [0.3, 0.4) is 0 Å². The van der Waals surface area contributed by atoms with Gasteiger partial charge in [0.05, 0.1) is 17.9 Å². The monoisotopic (exact) mass is 495 g/mol. The van der Waals surface area contributed by atoms with E-state index in [0.717, 1.165) is 37.1 Å². The number of carboxylic acid groups (broad SMARTS) is 1. The van der Waals surface area contributed by atoms with Crippen LogP contribution in [0.2, 0.25) is 0 Å². The lowest BCUT2D eigenvalue weighted by Gasteiger charge is -2.27. The van der Waals surface area contributed by atoms with E-state index in [1.807, 2.05) is 51.2 Å². The third kappa shape index (κ3) is 5.70. The van der Waals surface area contributed by atoms with Gasteiger partial charge >= 0.3 is 12.1 Å². The van der Waals surface area contributed by atoms with Crippen molar-refractivity contribution in [3.63, 3.8) is 0 Å². The van der Waals surface area contributed by atoms with Crippen molar-refractivity contribution in [3.05, 3.63) is 41.6 Å². The quantitative estimate of drug-likeness (QED) is 0.391. The molecule has 0 bridgehead atoms. The van der Waals surface area contributed by atoms with Crippen LogP contribution >= 0.6 is 0 Å². The fraction of sp³-hybridized carbons (Fsp3) is 0.538. The van der Waals surface area contributed by atoms with Gasteiger partial charge in [-0.15, -0.1) is 0 Å². The number of anilines is 2. The minimum absolute atomic E-state index is 0.0118. The number of nitrogens with zero attached hydrogens (tertiary/aromatic N) is 5. The molecular weight excluding hydrogens is 458 g/mol. The molecule has 3 aromatic rings. The summed E-state index contributed by atoms with van der Waals surface area (Å²) >= 11 is 0. The van der Waals surface area contributed by atoms with Crippen LogP contribution in [-0.2, 0) is 0 Å². The second-order valence-corrected chi connectivity index (χ2v) is 10.1. The largest absolute Gasteiger partial charge is 0.465 e. The molecule has 0 spiro atoms. The summed E-state index contributed by atoms with van der Waals surface area (Å²) in [5.41, 5.74) is 3.21. The number of fused-ring (bicyclic) bond motifs is 1. The first-order valence-electron chi connectivity index (χ1n) is 12.7. The van der Waals surface area contributed by atoms with Crippen molar-refractivity contribution in [2.45, 2.75) is 65.5 Å². The fourth-order valence-electron chi connectivity index (χ4n) is 4.51. The van der Waals surface area contributed by atoms with Crippen LogP contribution in [0, 0.1) is 5.92 Å². The molecule has 3 heterocycles. The summed E-state index contributed by atoms with van der Waals surface area (Å²) in [6.07, 6.45) is 2.85. The number of aromatic nitrogens is 4. The van der Waals surface area contributed by atoms with Gasteiger partial charge in [0, 0.05) is 18.7 Å². The van der Waals surface area contributed by atoms with E-state index in [4.69, 9.17) is 9.72 Å². The Morgan fingerprint density at radius 2 is 2.00 bits per heavy atom. The zero-order chi connectivity index (χ0) is 25.8. The first kappa shape index (κ1) is 25.7. The maximum absolute atomic E-state index is 12.1. The van der Waals surface area contributed by atoms with E-state index < -0.39 is 6.09 Å². The molecule has 10 nitrogen and oxygen atoms in total. The van der Waals surface area contributed by atoms with Gasteiger partial charge in [-0.3, -0.25) is 4.90 Å². The van der Waals surface area contributed by atoms with Crippen LogP contribution in [0.5, 0.6) is 6.01 Å². The highest BCUT2D eigenvalue weighted by Gasteiger charge is 2.24. The lowest BCUT2D eigenvalue weighted by Crippen LogP contribution is -2.37. The van der Waals surface area contributed by atoms with Gasteiger partial charge in [-0.2, -0.15) is 19.6 Å². The third-order valence-electron chi connectivity index (χ3n) is 6.34. The van der Waals surface area contributed by atoms with Gasteiger partial charge in [0.15, 0.2) is 5.65 Å². The first-order chi connectivity index (χ1) is 17.2. The van der Waals surface area contributed by atoms with E-state index in [-0.39, 0.29) is 24.0 Å². The number of rotatable bonds is 9. The van der Waals surface area contributed by atoms with Crippen LogP contribution in [0.4, 0.5) is 16.4 Å². The normalized spacial score (nSPS) is 16.9. The predicted molar refractivity (Wildman–Crippen MR) is 140 cm³/mol. The van der Waals surface area contributed by atoms with Crippen molar-refractivity contribution in [3.8, 4) is 6.01 Å². The lowest BCUT2D eigenvalue weighted by atomic mass is 10.0. The lowest BCUT2D eigenvalue weighted by molar-refractivity contribution is 0.153. The van der Waals surface area contributed by atoms with E-state index in [9.17, 15) is 9.90 Å². The molecule has 194 valence electrons. The maximum atomic E-state index is 12.1. The number of hydrogen-bond donors (Lipinski definition) is 3. The third-order valence-corrected chi connectivity index (χ3v) is 6.34. The smallest absolute Gasteiger partial charge is 0.411 e. The molecule has 1 amide bonds. The molecule has 4 rings (SSSR count). The number of piperidine rings is 1. The van der Waals surface area contributed by atoms with Gasteiger partial charge in [0.2, 0.25) is 5.95 Å². The van der Waals surface area contributed by atoms with E-state index >= 15 is 0 Å². The van der Waals surface area contributed by atoms with Crippen molar-refractivity contribution in [2.75, 3.05) is 29.9 Å². The molecule has 1 fully saturated rings. The van der Waals surface area contributed by atoms with Crippen molar-refractivity contribution < 1.29 is 14.6 Å². The van der Waals surface area contributed by atoms with Gasteiger partial charge in [-0.25, -0.2) is 4.79 Å². The van der Waals surface area contributed by atoms with Gasteiger partial charge in [-0.05, 0) is 49.8 Å². The van der Waals surface area contributed by atoms with E-state index in [1.165, 1.54) is 4.90 Å². The topological polar surface area (TPSA) is 117 Å². The number of nitrogens with one attached hydrogen (secondary N) is 2. The molecule has 0 aliphatic carbocycles. The molecule has 36 heavy (non-hydrogen) atoms. The highest BCUT2D eigenvalue weighted by Crippen LogP contribution is 2.31. The van der Waals surface area contributed by atoms with Crippen LogP contribution in [0.25, 0.3) is 5.65 Å². The fourth-order valence-corrected chi connectivity index (χ4v) is 4.51. The number of hydrogen-bond acceptors (Lipinski definition) is 7. The Kier molecular flexibility index (Phi) is 7.93. The summed E-state index contributed by atoms with van der Waals surface area (Å²) in [6, 6.07) is 7.61. The Bertz CT molecular complexity index is 1190. The molecule has 10 heteroatoms. The average Bonchev–Trinajstić information content (AvgIpc) is 3.27. The first-order valence-corrected chi connectivity index (χ1v) is 12.7. The van der Waals surface area contributed by atoms with E-state index in [1.54, 1.807) is 4.52 Å². The molecule has 3 N–H and O–H groups in total. The summed E-state index contributed by atoms with van der Waals surface area (Å²) in [5.74, 6) is 0.915. The highest BCUT2D eigenvalue weighted by atomic mass is 16.5. The number of ether oxygens (including phenoxy) is 1. The Balaban J connectivity index is 1.70. The van der Waals surface area contributed by atoms with Gasteiger partial charge in [-0.1, -0.05) is 45.9 Å². The Hall–Kier alpha value is -3.40. The van der Waals surface area contributed by atoms with Gasteiger partial charge < -0.3 is 20.5 Å². The van der Waals surface area contributed by atoms with Crippen molar-refractivity contribution in [1.82, 2.24) is 24.9 Å². The van der Waals surface area contributed by atoms with Crippen LogP contribution in [0.1, 0.15) is 70.5 Å². The van der Waals surface area contributed by atoms with E-state index in [2.05, 4.69) is 34.6 Å². The second-order valence-electron chi connectivity index (χ2n) is 10.1. The summed E-state index contributed by atoms with van der Waals surface area (Å²) < 4.78 is 7.88. The number of carbonyl (C=O) groups is 1. The summed E-state index contributed by atoms with van der Waals surface area (Å²) in [6.45, 7) is 12.4. The van der Waals surface area contributed by atoms with Crippen molar-refractivity contribution in [1.29, 1.82) is 0 Å². The molecule has 2 atom stereocenters. The average molecular weight is 496 g/mol. The summed E-state index contributed by atoms with van der Waals surface area (Å²) in [4.78, 5) is 22.9. The standard InChI is InChI=1S/C26H37N7O3/c1-16(2)15-32(26(34)35)22-11-7-6-10-20(22)18(5)29-24-31-25(36-19-9-8-12-27-13-19)30-23-21(17(3)4)14-28-33(23)24/h6-7,10-11,14,16-19,27H,8-9,12-13,15H2,1-5H3,(H,34,35)(H,29,30,31)/t18?,19-/m1/s1. The van der Waals surface area contributed by atoms with Crippen LogP contribution < -0.4 is 20.3 Å². The van der Waals surface area contributed by atoms with Crippen molar-refractivity contribution >= 4 is 23.4 Å². The van der Waals surface area contributed by atoms with Gasteiger partial charge in [0.25, 0.3) is 0 Å². The molecule has 1 aliphatic heterocycles. The van der Waals surface area contributed by atoms with Crippen LogP contribution in [-0.4, -0.2) is 56.5 Å². The Labute approximate surface area is 212 Å². The highest BCUT2D eigenvalue weighted by molar-refractivity contribution is 5.87. The molecule has 0 radical (unpaired) electrons. The zero-order valence-electron chi connectivity index (χ0n) is 21.7. The molecule has 2 aromatic heterocycles. The van der Waals surface area contributed by atoms with Crippen LogP contribution in [0.15, 0.2) is 30.5 Å². The van der Waals surface area contributed by atoms with Crippen molar-refractivity contribution in [2.24, 2.45) is 5.92 Å². The maximum Gasteiger partial charge on any atom is 0.411 e. The number of benzene rings is 1. The van der Waals surface area contributed by atoms with E-state index in [0.29, 0.717) is 29.8 Å². The molecule has 1 aromatic carbocycles. The predicted octanol–water partition coefficient (Wildman–Crippen LogP) is 4.69. The number of para-hydroxylation sites is 1. The number of amides is 1. The molecule has 1 unspecified atom stereocenters. The minimum Gasteiger partial charge on any atom is -0.465 e.